The molecule has 2 aromatic carbocycles. The van der Waals surface area contributed by atoms with Crippen LogP contribution in [0.25, 0.3) is 33.3 Å². The third-order valence-corrected chi connectivity index (χ3v) is 6.89. The van der Waals surface area contributed by atoms with Gasteiger partial charge in [0.2, 0.25) is 0 Å². The molecule has 0 aliphatic heterocycles. The summed E-state index contributed by atoms with van der Waals surface area (Å²) in [5.41, 5.74) is 5.55. The van der Waals surface area contributed by atoms with Gasteiger partial charge in [-0.1, -0.05) is 65.0 Å². The van der Waals surface area contributed by atoms with Crippen LogP contribution in [0.3, 0.4) is 0 Å². The molecule has 31 heavy (non-hydrogen) atoms. The van der Waals surface area contributed by atoms with Crippen LogP contribution in [-0.2, 0) is 7.05 Å². The molecule has 8 heteroatoms. The molecular weight excluding hydrogens is 446 g/mol. The van der Waals surface area contributed by atoms with E-state index in [1.807, 2.05) is 49.5 Å². The van der Waals surface area contributed by atoms with Crippen LogP contribution >= 0.6 is 34.7 Å². The van der Waals surface area contributed by atoms with Gasteiger partial charge in [0.15, 0.2) is 5.82 Å². The van der Waals surface area contributed by atoms with E-state index in [0.717, 1.165) is 48.3 Å². The van der Waals surface area contributed by atoms with Gasteiger partial charge in [0.05, 0.1) is 0 Å². The van der Waals surface area contributed by atoms with E-state index in [-0.39, 0.29) is 0 Å². The minimum absolute atomic E-state index is 0.719. The lowest BCUT2D eigenvalue weighted by molar-refractivity contribution is 0.831. The number of pyridine rings is 1. The van der Waals surface area contributed by atoms with Crippen LogP contribution in [0.1, 0.15) is 0 Å². The van der Waals surface area contributed by atoms with E-state index >= 15 is 0 Å². The Bertz CT molecular complexity index is 1300. The fourth-order valence-corrected chi connectivity index (χ4v) is 4.86. The van der Waals surface area contributed by atoms with Crippen LogP contribution in [0, 0.1) is 0 Å². The van der Waals surface area contributed by atoms with E-state index in [1.54, 1.807) is 23.5 Å². The molecule has 0 spiro atoms. The highest BCUT2D eigenvalue weighted by Gasteiger charge is 2.19. The number of hydrogen-bond acceptors (Lipinski definition) is 6. The quantitative estimate of drug-likeness (QED) is 0.300. The third kappa shape index (κ3) is 4.12. The zero-order valence-electron chi connectivity index (χ0n) is 16.4. The second-order valence-electron chi connectivity index (χ2n) is 6.74. The molecule has 5 nitrogen and oxygen atoms in total. The first-order chi connectivity index (χ1) is 15.2. The van der Waals surface area contributed by atoms with Gasteiger partial charge < -0.3 is 4.57 Å². The predicted octanol–water partition coefficient (Wildman–Crippen LogP) is 6.47. The zero-order chi connectivity index (χ0) is 21.2. The zero-order valence-corrected chi connectivity index (χ0v) is 18.8. The fraction of sp³-hybridized carbons (Fsp3) is 0.0435. The van der Waals surface area contributed by atoms with Crippen molar-refractivity contribution in [3.63, 3.8) is 0 Å². The van der Waals surface area contributed by atoms with Crippen molar-refractivity contribution >= 4 is 34.7 Å². The van der Waals surface area contributed by atoms with Crippen molar-refractivity contribution in [1.29, 1.82) is 0 Å². The number of rotatable bonds is 5. The highest BCUT2D eigenvalue weighted by molar-refractivity contribution is 7.99. The summed E-state index contributed by atoms with van der Waals surface area (Å²) in [6.07, 6.45) is 1.78. The molecule has 0 fully saturated rings. The van der Waals surface area contributed by atoms with E-state index in [1.165, 1.54) is 11.3 Å². The van der Waals surface area contributed by atoms with Gasteiger partial charge in [0, 0.05) is 34.3 Å². The smallest absolute Gasteiger partial charge is 0.159 e. The van der Waals surface area contributed by atoms with Crippen LogP contribution in [0.5, 0.6) is 0 Å². The van der Waals surface area contributed by atoms with Crippen molar-refractivity contribution < 1.29 is 0 Å². The van der Waals surface area contributed by atoms with E-state index in [2.05, 4.69) is 44.0 Å². The SMILES string of the molecule is Cn1c(-c2ccccn2)nc(-c2ccc(-c3nncs3)cc2)c1Sc1ccc(Cl)cc1. The van der Waals surface area contributed by atoms with Crippen molar-refractivity contribution in [2.45, 2.75) is 9.92 Å². The Labute approximate surface area is 192 Å². The van der Waals surface area contributed by atoms with E-state index in [4.69, 9.17) is 16.6 Å². The summed E-state index contributed by atoms with van der Waals surface area (Å²) >= 11 is 9.25. The lowest BCUT2D eigenvalue weighted by atomic mass is 10.1. The molecule has 0 amide bonds. The monoisotopic (exact) mass is 461 g/mol. The van der Waals surface area contributed by atoms with Gasteiger partial charge in [-0.2, -0.15) is 0 Å². The highest BCUT2D eigenvalue weighted by atomic mass is 35.5. The Morgan fingerprint density at radius 1 is 0.935 bits per heavy atom. The summed E-state index contributed by atoms with van der Waals surface area (Å²) in [4.78, 5) is 10.6. The Balaban J connectivity index is 1.60. The minimum Gasteiger partial charge on any atom is -0.320 e. The average molecular weight is 462 g/mol. The molecule has 0 saturated carbocycles. The topological polar surface area (TPSA) is 56.5 Å². The minimum atomic E-state index is 0.719. The first kappa shape index (κ1) is 19.9. The fourth-order valence-electron chi connectivity index (χ4n) is 3.20. The van der Waals surface area contributed by atoms with Crippen molar-refractivity contribution in [2.75, 3.05) is 0 Å². The van der Waals surface area contributed by atoms with Crippen molar-refractivity contribution in [3.05, 3.63) is 83.5 Å². The molecule has 0 radical (unpaired) electrons. The molecule has 0 aliphatic rings. The Morgan fingerprint density at radius 3 is 2.39 bits per heavy atom. The molecule has 0 unspecified atom stereocenters. The molecule has 5 rings (SSSR count). The van der Waals surface area contributed by atoms with Gasteiger partial charge in [-0.05, 0) is 36.4 Å². The summed E-state index contributed by atoms with van der Waals surface area (Å²) in [6.45, 7) is 0. The van der Waals surface area contributed by atoms with E-state index in [0.29, 0.717) is 0 Å². The first-order valence-electron chi connectivity index (χ1n) is 9.47. The molecule has 0 bridgehead atoms. The largest absolute Gasteiger partial charge is 0.320 e. The maximum absolute atomic E-state index is 6.07. The van der Waals surface area contributed by atoms with Gasteiger partial charge in [0.25, 0.3) is 0 Å². The molecule has 3 heterocycles. The summed E-state index contributed by atoms with van der Waals surface area (Å²) in [6, 6.07) is 22.0. The van der Waals surface area contributed by atoms with Gasteiger partial charge in [-0.3, -0.25) is 4.98 Å². The Morgan fingerprint density at radius 2 is 1.71 bits per heavy atom. The van der Waals surface area contributed by atoms with E-state index < -0.39 is 0 Å². The van der Waals surface area contributed by atoms with Gasteiger partial charge in [-0.15, -0.1) is 10.2 Å². The standard InChI is InChI=1S/C23H16ClN5S2/c1-29-21(19-4-2-3-13-25-19)27-20(23(29)31-18-11-9-17(24)10-12-18)15-5-7-16(8-6-15)22-28-26-14-30-22/h2-14H,1H3. The first-order valence-corrected chi connectivity index (χ1v) is 11.5. The number of imidazole rings is 1. The normalized spacial score (nSPS) is 11.0. The van der Waals surface area contributed by atoms with Gasteiger partial charge in [-0.25, -0.2) is 4.98 Å². The summed E-state index contributed by atoms with van der Waals surface area (Å²) in [5.74, 6) is 0.820. The highest BCUT2D eigenvalue weighted by Crippen LogP contribution is 2.39. The number of nitrogens with zero attached hydrogens (tertiary/aromatic N) is 5. The van der Waals surface area contributed by atoms with Crippen LogP contribution in [-0.4, -0.2) is 24.7 Å². The molecule has 0 N–H and O–H groups in total. The number of aromatic nitrogens is 5. The van der Waals surface area contributed by atoms with Crippen molar-refractivity contribution in [3.8, 4) is 33.3 Å². The lowest BCUT2D eigenvalue weighted by Gasteiger charge is -2.08. The van der Waals surface area contributed by atoms with Crippen molar-refractivity contribution in [2.24, 2.45) is 7.05 Å². The number of benzene rings is 2. The van der Waals surface area contributed by atoms with Crippen LogP contribution < -0.4 is 0 Å². The second-order valence-corrected chi connectivity index (χ2v) is 9.07. The average Bonchev–Trinajstić information content (AvgIpc) is 3.45. The number of halogens is 1. The van der Waals surface area contributed by atoms with Crippen molar-refractivity contribution in [1.82, 2.24) is 24.7 Å². The molecule has 152 valence electrons. The Hall–Kier alpha value is -3.00. The lowest BCUT2D eigenvalue weighted by Crippen LogP contribution is -1.95. The molecule has 5 aromatic rings. The van der Waals surface area contributed by atoms with Crippen LogP contribution in [0.2, 0.25) is 5.02 Å². The maximum atomic E-state index is 6.07. The van der Waals surface area contributed by atoms with Crippen LogP contribution in [0.4, 0.5) is 0 Å². The molecular formula is C23H16ClN5S2. The predicted molar refractivity (Wildman–Crippen MR) is 126 cm³/mol. The number of hydrogen-bond donors (Lipinski definition) is 0. The van der Waals surface area contributed by atoms with Crippen LogP contribution in [0.15, 0.2) is 88.4 Å². The summed E-state index contributed by atoms with van der Waals surface area (Å²) in [5, 5.41) is 10.7. The Kier molecular flexibility index (Phi) is 5.55. The summed E-state index contributed by atoms with van der Waals surface area (Å²) in [7, 11) is 2.02. The van der Waals surface area contributed by atoms with Gasteiger partial charge in [0.1, 0.15) is 26.9 Å². The summed E-state index contributed by atoms with van der Waals surface area (Å²) < 4.78 is 2.09. The second kappa shape index (κ2) is 8.63. The van der Waals surface area contributed by atoms with Gasteiger partial charge >= 0.3 is 0 Å². The molecule has 3 aromatic heterocycles. The maximum Gasteiger partial charge on any atom is 0.159 e. The third-order valence-electron chi connectivity index (χ3n) is 4.73. The van der Waals surface area contributed by atoms with E-state index in [9.17, 15) is 0 Å². The molecule has 0 saturated heterocycles. The molecule has 0 atom stereocenters. The molecule has 0 aliphatic carbocycles.